The van der Waals surface area contributed by atoms with Gasteiger partial charge in [0, 0.05) is 25.2 Å². The highest BCUT2D eigenvalue weighted by Gasteiger charge is 2.28. The molecule has 7 heteroatoms. The van der Waals surface area contributed by atoms with E-state index in [2.05, 4.69) is 10.2 Å². The molecule has 0 radical (unpaired) electrons. The molecule has 0 aliphatic carbocycles. The number of carbonyl (C=O) groups is 1. The number of piperidine rings is 1. The number of ether oxygens (including phenoxy) is 1. The molecule has 6 nitrogen and oxygen atoms in total. The maximum Gasteiger partial charge on any atom is 0.260 e. The Kier molecular flexibility index (Phi) is 4.51. The van der Waals surface area contributed by atoms with Crippen LogP contribution < -0.4 is 4.74 Å². The Morgan fingerprint density at radius 1 is 1.19 bits per heavy atom. The molecule has 1 aliphatic rings. The van der Waals surface area contributed by atoms with Gasteiger partial charge in [-0.1, -0.05) is 6.07 Å². The molecule has 1 saturated heterocycles. The fourth-order valence-electron chi connectivity index (χ4n) is 3.32. The van der Waals surface area contributed by atoms with Crippen molar-refractivity contribution in [1.29, 1.82) is 0 Å². The standard InChI is InChI=1S/C19H19FN4O2/c20-15-6-8-16(9-7-15)26-13-18(25)23-10-3-4-14(12-23)19-22-21-17-5-1-2-11-24(17)19/h1-2,5-9,11,14H,3-4,10,12-13H2. The number of nitrogens with zero attached hydrogens (tertiary/aromatic N) is 4. The quantitative estimate of drug-likeness (QED) is 0.723. The molecule has 2 aromatic heterocycles. The molecule has 1 unspecified atom stereocenters. The minimum absolute atomic E-state index is 0.0566. The zero-order chi connectivity index (χ0) is 17.9. The molecule has 0 bridgehead atoms. The highest BCUT2D eigenvalue weighted by atomic mass is 19.1. The van der Waals surface area contributed by atoms with Gasteiger partial charge >= 0.3 is 0 Å². The molecule has 1 fully saturated rings. The van der Waals surface area contributed by atoms with Crippen LogP contribution in [0.2, 0.25) is 0 Å². The Bertz CT molecular complexity index is 909. The first kappa shape index (κ1) is 16.5. The van der Waals surface area contributed by atoms with Crippen molar-refractivity contribution in [2.45, 2.75) is 18.8 Å². The number of hydrogen-bond acceptors (Lipinski definition) is 4. The fourth-order valence-corrected chi connectivity index (χ4v) is 3.32. The third-order valence-electron chi connectivity index (χ3n) is 4.66. The Balaban J connectivity index is 1.41. The second-order valence-electron chi connectivity index (χ2n) is 6.41. The second-order valence-corrected chi connectivity index (χ2v) is 6.41. The number of hydrogen-bond donors (Lipinski definition) is 0. The van der Waals surface area contributed by atoms with Gasteiger partial charge in [0.25, 0.3) is 5.91 Å². The number of carbonyl (C=O) groups excluding carboxylic acids is 1. The number of rotatable bonds is 4. The molecular formula is C19H19FN4O2. The van der Waals surface area contributed by atoms with E-state index in [9.17, 15) is 9.18 Å². The van der Waals surface area contributed by atoms with Gasteiger partial charge in [-0.05, 0) is 49.2 Å². The fraction of sp³-hybridized carbons (Fsp3) is 0.316. The van der Waals surface area contributed by atoms with Gasteiger partial charge in [0.15, 0.2) is 12.3 Å². The predicted molar refractivity (Wildman–Crippen MR) is 93.4 cm³/mol. The molecule has 1 atom stereocenters. The minimum atomic E-state index is -0.330. The molecule has 4 rings (SSSR count). The van der Waals surface area contributed by atoms with E-state index in [1.54, 1.807) is 0 Å². The molecule has 1 amide bonds. The topological polar surface area (TPSA) is 59.7 Å². The van der Waals surface area contributed by atoms with Crippen molar-refractivity contribution in [3.8, 4) is 5.75 Å². The lowest BCUT2D eigenvalue weighted by Gasteiger charge is -2.31. The van der Waals surface area contributed by atoms with Crippen LogP contribution in [0.3, 0.4) is 0 Å². The summed E-state index contributed by atoms with van der Waals surface area (Å²) in [6, 6.07) is 11.5. The van der Waals surface area contributed by atoms with Gasteiger partial charge < -0.3 is 9.64 Å². The monoisotopic (exact) mass is 354 g/mol. The lowest BCUT2D eigenvalue weighted by Crippen LogP contribution is -2.42. The van der Waals surface area contributed by atoms with Crippen molar-refractivity contribution in [2.24, 2.45) is 0 Å². The number of halogens is 1. The third kappa shape index (κ3) is 3.37. The van der Waals surface area contributed by atoms with Crippen molar-refractivity contribution in [3.05, 3.63) is 60.3 Å². The van der Waals surface area contributed by atoms with Crippen molar-refractivity contribution in [1.82, 2.24) is 19.5 Å². The van der Waals surface area contributed by atoms with Gasteiger partial charge in [-0.2, -0.15) is 0 Å². The summed E-state index contributed by atoms with van der Waals surface area (Å²) in [6.45, 7) is 1.25. The van der Waals surface area contributed by atoms with Gasteiger partial charge in [-0.3, -0.25) is 9.20 Å². The van der Waals surface area contributed by atoms with E-state index < -0.39 is 0 Å². The van der Waals surface area contributed by atoms with Crippen LogP contribution in [-0.2, 0) is 4.79 Å². The van der Waals surface area contributed by atoms with Crippen molar-refractivity contribution < 1.29 is 13.9 Å². The van der Waals surface area contributed by atoms with Gasteiger partial charge in [0.1, 0.15) is 17.4 Å². The van der Waals surface area contributed by atoms with E-state index in [1.165, 1.54) is 24.3 Å². The van der Waals surface area contributed by atoms with E-state index in [0.717, 1.165) is 24.3 Å². The molecule has 0 N–H and O–H groups in total. The Morgan fingerprint density at radius 3 is 2.88 bits per heavy atom. The zero-order valence-electron chi connectivity index (χ0n) is 14.2. The van der Waals surface area contributed by atoms with Crippen LogP contribution in [0.15, 0.2) is 48.7 Å². The van der Waals surface area contributed by atoms with Crippen LogP contribution in [0.25, 0.3) is 5.65 Å². The van der Waals surface area contributed by atoms with Gasteiger partial charge in [0.05, 0.1) is 0 Å². The van der Waals surface area contributed by atoms with Crippen molar-refractivity contribution in [2.75, 3.05) is 19.7 Å². The van der Waals surface area contributed by atoms with E-state index in [1.807, 2.05) is 33.7 Å². The number of aromatic nitrogens is 3. The largest absolute Gasteiger partial charge is 0.484 e. The van der Waals surface area contributed by atoms with Gasteiger partial charge in [0.2, 0.25) is 0 Å². The molecule has 134 valence electrons. The normalized spacial score (nSPS) is 17.4. The first-order chi connectivity index (χ1) is 12.7. The van der Waals surface area contributed by atoms with Crippen molar-refractivity contribution in [3.63, 3.8) is 0 Å². The summed E-state index contributed by atoms with van der Waals surface area (Å²) in [7, 11) is 0. The SMILES string of the molecule is O=C(COc1ccc(F)cc1)N1CCCC(c2nnc3ccccn23)C1. The van der Waals surface area contributed by atoms with Crippen LogP contribution >= 0.6 is 0 Å². The molecule has 0 spiro atoms. The highest BCUT2D eigenvalue weighted by Crippen LogP contribution is 2.26. The highest BCUT2D eigenvalue weighted by molar-refractivity contribution is 5.78. The minimum Gasteiger partial charge on any atom is -0.484 e. The van der Waals surface area contributed by atoms with Gasteiger partial charge in [-0.15, -0.1) is 10.2 Å². The smallest absolute Gasteiger partial charge is 0.260 e. The number of benzene rings is 1. The molecule has 1 aromatic carbocycles. The maximum atomic E-state index is 12.9. The summed E-state index contributed by atoms with van der Waals surface area (Å²) in [5.41, 5.74) is 0.811. The lowest BCUT2D eigenvalue weighted by molar-refractivity contribution is -0.134. The number of pyridine rings is 1. The second kappa shape index (κ2) is 7.11. The average molecular weight is 354 g/mol. The summed E-state index contributed by atoms with van der Waals surface area (Å²) in [6.07, 6.45) is 3.83. The van der Waals surface area contributed by atoms with Crippen LogP contribution in [0.1, 0.15) is 24.6 Å². The summed E-state index contributed by atoms with van der Waals surface area (Å²) in [5.74, 6) is 1.11. The van der Waals surface area contributed by atoms with Gasteiger partial charge in [-0.25, -0.2) is 4.39 Å². The number of fused-ring (bicyclic) bond motifs is 1. The van der Waals surface area contributed by atoms with Crippen LogP contribution in [-0.4, -0.2) is 45.1 Å². The van der Waals surface area contributed by atoms with E-state index in [0.29, 0.717) is 18.8 Å². The first-order valence-electron chi connectivity index (χ1n) is 8.66. The maximum absolute atomic E-state index is 12.9. The molecule has 3 aromatic rings. The summed E-state index contributed by atoms with van der Waals surface area (Å²) >= 11 is 0. The van der Waals surface area contributed by atoms with Crippen molar-refractivity contribution >= 4 is 11.6 Å². The zero-order valence-corrected chi connectivity index (χ0v) is 14.2. The number of amides is 1. The first-order valence-corrected chi connectivity index (χ1v) is 8.66. The molecule has 3 heterocycles. The van der Waals surface area contributed by atoms with Crippen LogP contribution in [0, 0.1) is 5.82 Å². The van der Waals surface area contributed by atoms with E-state index >= 15 is 0 Å². The summed E-state index contributed by atoms with van der Waals surface area (Å²) in [5, 5.41) is 8.52. The van der Waals surface area contributed by atoms with E-state index in [4.69, 9.17) is 4.74 Å². The molecule has 26 heavy (non-hydrogen) atoms. The molecular weight excluding hydrogens is 335 g/mol. The average Bonchev–Trinajstić information content (AvgIpc) is 3.11. The summed E-state index contributed by atoms with van der Waals surface area (Å²) in [4.78, 5) is 14.3. The Morgan fingerprint density at radius 2 is 2.04 bits per heavy atom. The predicted octanol–water partition coefficient (Wildman–Crippen LogP) is 2.65. The summed E-state index contributed by atoms with van der Waals surface area (Å²) < 4.78 is 20.4. The van der Waals surface area contributed by atoms with E-state index in [-0.39, 0.29) is 24.2 Å². The Labute approximate surface area is 150 Å². The third-order valence-corrected chi connectivity index (χ3v) is 4.66. The molecule has 1 aliphatic heterocycles. The molecule has 0 saturated carbocycles. The lowest BCUT2D eigenvalue weighted by atomic mass is 9.97. The Hall–Kier alpha value is -2.96. The van der Waals surface area contributed by atoms with Crippen LogP contribution in [0.4, 0.5) is 4.39 Å². The van der Waals surface area contributed by atoms with Crippen LogP contribution in [0.5, 0.6) is 5.75 Å². The number of likely N-dealkylation sites (tertiary alicyclic amines) is 1.